The van der Waals surface area contributed by atoms with Crippen LogP contribution in [0, 0.1) is 10.8 Å². The predicted octanol–water partition coefficient (Wildman–Crippen LogP) is 2.82. The molecule has 0 bridgehead atoms. The number of rotatable bonds is 2. The Labute approximate surface area is 104 Å². The van der Waals surface area contributed by atoms with Crippen molar-refractivity contribution < 1.29 is 4.79 Å². The summed E-state index contributed by atoms with van der Waals surface area (Å²) in [5.74, 6) is 2.23. The van der Waals surface area contributed by atoms with Gasteiger partial charge in [0, 0.05) is 35.4 Å². The fourth-order valence-electron chi connectivity index (χ4n) is 0.910. The zero-order valence-corrected chi connectivity index (χ0v) is 11.4. The summed E-state index contributed by atoms with van der Waals surface area (Å²) in [6, 6.07) is 2.00. The van der Waals surface area contributed by atoms with E-state index >= 15 is 0 Å². The smallest absolute Gasteiger partial charge is 0.299 e. The van der Waals surface area contributed by atoms with Crippen molar-refractivity contribution in [3.63, 3.8) is 0 Å². The molecule has 0 unspecified atom stereocenters. The van der Waals surface area contributed by atoms with Crippen molar-refractivity contribution in [1.29, 1.82) is 0 Å². The summed E-state index contributed by atoms with van der Waals surface area (Å²) < 4.78 is 1.07. The Kier molecular flexibility index (Phi) is 4.66. The Bertz CT molecular complexity index is 391. The topological polar surface area (TPSA) is 20.3 Å². The van der Waals surface area contributed by atoms with Gasteiger partial charge in [0.25, 0.3) is 5.91 Å². The van der Waals surface area contributed by atoms with E-state index in [2.05, 4.69) is 42.6 Å². The molecule has 1 amide bonds. The molecule has 0 atom stereocenters. The number of thiophene rings is 1. The average Bonchev–Trinajstić information content (AvgIpc) is 2.51. The highest BCUT2D eigenvalue weighted by molar-refractivity contribution is 9.12. The van der Waals surface area contributed by atoms with Crippen LogP contribution in [0.2, 0.25) is 0 Å². The van der Waals surface area contributed by atoms with Gasteiger partial charge >= 0.3 is 0 Å². The van der Waals surface area contributed by atoms with Crippen molar-refractivity contribution in [3.8, 4) is 10.8 Å². The highest BCUT2D eigenvalue weighted by Crippen LogP contribution is 2.21. The summed E-state index contributed by atoms with van der Waals surface area (Å²) in [5.41, 5.74) is 1.11. The molecule has 0 aliphatic heterocycles. The number of carbonyl (C=O) groups excluding carboxylic acids is 1. The second-order valence-electron chi connectivity index (χ2n) is 2.64. The van der Waals surface area contributed by atoms with Crippen molar-refractivity contribution in [1.82, 2.24) is 4.90 Å². The minimum Gasteiger partial charge on any atom is -0.331 e. The monoisotopic (exact) mass is 335 g/mol. The van der Waals surface area contributed by atoms with Gasteiger partial charge in [-0.15, -0.1) is 11.3 Å². The molecule has 0 aliphatic rings. The molecule has 1 heterocycles. The maximum Gasteiger partial charge on any atom is 0.299 e. The molecule has 5 heteroatoms. The van der Waals surface area contributed by atoms with E-state index in [1.807, 2.05) is 11.4 Å². The van der Waals surface area contributed by atoms with E-state index in [1.165, 1.54) is 0 Å². The second-order valence-corrected chi connectivity index (χ2v) is 5.33. The van der Waals surface area contributed by atoms with E-state index in [4.69, 9.17) is 0 Å². The lowest BCUT2D eigenvalue weighted by molar-refractivity contribution is -0.124. The van der Waals surface area contributed by atoms with E-state index < -0.39 is 0 Å². The van der Waals surface area contributed by atoms with Crippen molar-refractivity contribution in [2.45, 2.75) is 6.54 Å². The van der Waals surface area contributed by atoms with Crippen LogP contribution in [0.4, 0.5) is 0 Å². The number of amides is 1. The van der Waals surface area contributed by atoms with E-state index in [1.54, 1.807) is 23.3 Å². The van der Waals surface area contributed by atoms with Crippen LogP contribution in [-0.4, -0.2) is 17.9 Å². The van der Waals surface area contributed by atoms with Gasteiger partial charge in [0.1, 0.15) is 0 Å². The maximum absolute atomic E-state index is 11.3. The van der Waals surface area contributed by atoms with E-state index in [0.29, 0.717) is 6.54 Å². The van der Waals surface area contributed by atoms with Crippen molar-refractivity contribution >= 4 is 49.1 Å². The second kappa shape index (κ2) is 5.54. The third kappa shape index (κ3) is 3.45. The molecule has 0 N–H and O–H groups in total. The van der Waals surface area contributed by atoms with Gasteiger partial charge < -0.3 is 4.90 Å². The normalized spacial score (nSPS) is 9.07. The summed E-state index contributed by atoms with van der Waals surface area (Å²) >= 11 is 7.87. The minimum atomic E-state index is -0.191. The van der Waals surface area contributed by atoms with Crippen LogP contribution in [0.25, 0.3) is 0 Å². The first-order valence-corrected chi connectivity index (χ1v) is 6.19. The van der Waals surface area contributed by atoms with Gasteiger partial charge in [-0.2, -0.15) is 0 Å². The van der Waals surface area contributed by atoms with Crippen LogP contribution in [0.1, 0.15) is 5.56 Å². The van der Waals surface area contributed by atoms with E-state index in [0.717, 1.165) is 9.35 Å². The average molecular weight is 337 g/mol. The van der Waals surface area contributed by atoms with Crippen LogP contribution < -0.4 is 0 Å². The molecule has 1 aromatic rings. The van der Waals surface area contributed by atoms with Gasteiger partial charge in [-0.3, -0.25) is 4.79 Å². The summed E-state index contributed by atoms with van der Waals surface area (Å²) in [7, 11) is 1.73. The highest BCUT2D eigenvalue weighted by atomic mass is 79.9. The Morgan fingerprint density at radius 3 is 2.93 bits per heavy atom. The third-order valence-electron chi connectivity index (χ3n) is 1.54. The zero-order chi connectivity index (χ0) is 10.6. The first-order chi connectivity index (χ1) is 6.63. The molecule has 0 aromatic carbocycles. The molecule has 0 radical (unpaired) electrons. The quantitative estimate of drug-likeness (QED) is 0.760. The Hall–Kier alpha value is -0.310. The SMILES string of the molecule is CN(Cc1csc(Br)c1)C(=O)C#CBr. The van der Waals surface area contributed by atoms with E-state index in [-0.39, 0.29) is 5.91 Å². The number of nitrogens with zero attached hydrogens (tertiary/aromatic N) is 1. The molecular weight excluding hydrogens is 330 g/mol. The number of carbonyl (C=O) groups is 1. The first-order valence-electron chi connectivity index (χ1n) is 3.73. The molecule has 0 saturated heterocycles. The molecule has 0 aliphatic carbocycles. The number of hydrogen-bond donors (Lipinski definition) is 0. The van der Waals surface area contributed by atoms with Crippen LogP contribution in [0.5, 0.6) is 0 Å². The lowest BCUT2D eigenvalue weighted by Gasteiger charge is -2.11. The lowest BCUT2D eigenvalue weighted by Crippen LogP contribution is -2.24. The predicted molar refractivity (Wildman–Crippen MR) is 65.2 cm³/mol. The molecular formula is C9H7Br2NOS. The molecule has 0 saturated carbocycles. The van der Waals surface area contributed by atoms with Crippen LogP contribution >= 0.6 is 43.2 Å². The fraction of sp³-hybridized carbons (Fsp3) is 0.222. The minimum absolute atomic E-state index is 0.191. The van der Waals surface area contributed by atoms with Crippen molar-refractivity contribution in [3.05, 3.63) is 20.8 Å². The molecule has 0 fully saturated rings. The highest BCUT2D eigenvalue weighted by Gasteiger charge is 2.06. The van der Waals surface area contributed by atoms with Crippen molar-refractivity contribution in [2.24, 2.45) is 0 Å². The van der Waals surface area contributed by atoms with Crippen LogP contribution in [-0.2, 0) is 11.3 Å². The summed E-state index contributed by atoms with van der Waals surface area (Å²) in [5, 5.41) is 2.01. The third-order valence-corrected chi connectivity index (χ3v) is 3.29. The molecule has 1 rings (SSSR count). The number of halogens is 2. The van der Waals surface area contributed by atoms with E-state index in [9.17, 15) is 4.79 Å². The van der Waals surface area contributed by atoms with Gasteiger partial charge in [-0.05, 0) is 37.8 Å². The van der Waals surface area contributed by atoms with Crippen molar-refractivity contribution in [2.75, 3.05) is 7.05 Å². The Balaban J connectivity index is 2.59. The molecule has 0 spiro atoms. The molecule has 74 valence electrons. The molecule has 1 aromatic heterocycles. The van der Waals surface area contributed by atoms with Crippen LogP contribution in [0.3, 0.4) is 0 Å². The number of hydrogen-bond acceptors (Lipinski definition) is 2. The summed E-state index contributed by atoms with van der Waals surface area (Å²) in [6.45, 7) is 0.586. The van der Waals surface area contributed by atoms with Gasteiger partial charge in [0.05, 0.1) is 3.79 Å². The standard InChI is InChI=1S/C9H7Br2NOS/c1-12(9(13)2-3-10)5-7-4-8(11)14-6-7/h4,6H,5H2,1H3. The first kappa shape index (κ1) is 11.8. The van der Waals surface area contributed by atoms with Crippen LogP contribution in [0.15, 0.2) is 15.2 Å². The maximum atomic E-state index is 11.3. The Morgan fingerprint density at radius 1 is 1.71 bits per heavy atom. The fourth-order valence-corrected chi connectivity index (χ4v) is 2.28. The van der Waals surface area contributed by atoms with Gasteiger partial charge in [-0.25, -0.2) is 0 Å². The molecule has 14 heavy (non-hydrogen) atoms. The molecule has 2 nitrogen and oxygen atoms in total. The van der Waals surface area contributed by atoms with Gasteiger partial charge in [-0.1, -0.05) is 0 Å². The largest absolute Gasteiger partial charge is 0.331 e. The lowest BCUT2D eigenvalue weighted by atomic mass is 10.3. The Morgan fingerprint density at radius 2 is 2.43 bits per heavy atom. The van der Waals surface area contributed by atoms with Gasteiger partial charge in [0.15, 0.2) is 0 Å². The van der Waals surface area contributed by atoms with Gasteiger partial charge in [0.2, 0.25) is 0 Å². The summed E-state index contributed by atoms with van der Waals surface area (Å²) in [4.78, 5) is 15.2. The zero-order valence-electron chi connectivity index (χ0n) is 7.38. The summed E-state index contributed by atoms with van der Waals surface area (Å²) in [6.07, 6.45) is 0.